The number of benzene rings is 2. The van der Waals surface area contributed by atoms with Crippen molar-refractivity contribution in [2.24, 2.45) is 0 Å². The molecule has 0 spiro atoms. The van der Waals surface area contributed by atoms with Gasteiger partial charge in [0.05, 0.1) is 6.61 Å². The fraction of sp³-hybridized carbons (Fsp3) is 0.300. The Hall–Kier alpha value is -2.28. The first kappa shape index (κ1) is 20.5. The number of anilines is 1. The molecule has 1 atom stereocenters. The minimum absolute atomic E-state index is 0.0592. The van der Waals surface area contributed by atoms with Crippen molar-refractivity contribution in [3.05, 3.63) is 63.6 Å². The number of likely N-dealkylation sites (N-methyl/N-ethyl adjacent to an activating group) is 1. The highest BCUT2D eigenvalue weighted by Crippen LogP contribution is 2.22. The molecule has 0 unspecified atom stereocenters. The van der Waals surface area contributed by atoms with Crippen LogP contribution in [0.25, 0.3) is 0 Å². The highest BCUT2D eigenvalue weighted by atomic mass is 35.5. The zero-order valence-corrected chi connectivity index (χ0v) is 17.1. The number of carbonyl (C=O) groups excluding carboxylic acids is 2. The molecule has 0 aliphatic carbocycles. The van der Waals surface area contributed by atoms with Gasteiger partial charge in [-0.3, -0.25) is 9.69 Å². The van der Waals surface area contributed by atoms with Gasteiger partial charge in [-0.15, -0.1) is 0 Å². The fourth-order valence-electron chi connectivity index (χ4n) is 3.00. The zero-order valence-electron chi connectivity index (χ0n) is 15.6. The van der Waals surface area contributed by atoms with Crippen LogP contribution >= 0.6 is 23.2 Å². The number of ether oxygens (including phenoxy) is 1. The van der Waals surface area contributed by atoms with Crippen LogP contribution in [0.15, 0.2) is 42.5 Å². The van der Waals surface area contributed by atoms with Crippen molar-refractivity contribution >= 4 is 40.8 Å². The number of hydrogen-bond acceptors (Lipinski definition) is 3. The van der Waals surface area contributed by atoms with Gasteiger partial charge in [0.1, 0.15) is 12.8 Å². The molecule has 8 heteroatoms. The van der Waals surface area contributed by atoms with Gasteiger partial charge >= 0.3 is 6.03 Å². The monoisotopic (exact) mass is 421 g/mol. The Kier molecular flexibility index (Phi) is 6.44. The molecule has 1 fully saturated rings. The van der Waals surface area contributed by atoms with E-state index in [4.69, 9.17) is 27.9 Å². The summed E-state index contributed by atoms with van der Waals surface area (Å²) in [5.74, 6) is -0.185. The Bertz CT molecular complexity index is 873. The first-order valence-electron chi connectivity index (χ1n) is 8.76. The van der Waals surface area contributed by atoms with Crippen molar-refractivity contribution in [2.75, 3.05) is 25.7 Å². The summed E-state index contributed by atoms with van der Waals surface area (Å²) in [5.41, 5.74) is 2.43. The summed E-state index contributed by atoms with van der Waals surface area (Å²) >= 11 is 11.9. The molecular formula is C20H21Cl2N3O3. The molecule has 3 amide bonds. The largest absolute Gasteiger partial charge is 0.358 e. The Balaban J connectivity index is 1.66. The number of amides is 3. The number of hydrogen-bond donors (Lipinski definition) is 1. The Morgan fingerprint density at radius 3 is 2.54 bits per heavy atom. The van der Waals surface area contributed by atoms with E-state index in [1.165, 1.54) is 4.90 Å². The summed E-state index contributed by atoms with van der Waals surface area (Å²) in [7, 11) is 1.70. The van der Waals surface area contributed by atoms with E-state index in [-0.39, 0.29) is 25.3 Å². The quantitative estimate of drug-likeness (QED) is 0.806. The van der Waals surface area contributed by atoms with Crippen molar-refractivity contribution in [1.29, 1.82) is 0 Å². The first-order valence-corrected chi connectivity index (χ1v) is 9.51. The van der Waals surface area contributed by atoms with Crippen LogP contribution in [0, 0.1) is 6.92 Å². The summed E-state index contributed by atoms with van der Waals surface area (Å²) in [6.07, 6.45) is 0. The van der Waals surface area contributed by atoms with Crippen molar-refractivity contribution in [1.82, 2.24) is 9.80 Å². The maximum atomic E-state index is 12.9. The molecule has 0 bridgehead atoms. The van der Waals surface area contributed by atoms with Gasteiger partial charge in [-0.05, 0) is 48.4 Å². The average Bonchev–Trinajstić information content (AvgIpc) is 3.15. The van der Waals surface area contributed by atoms with E-state index in [0.29, 0.717) is 22.3 Å². The van der Waals surface area contributed by atoms with E-state index in [9.17, 15) is 9.59 Å². The van der Waals surface area contributed by atoms with E-state index >= 15 is 0 Å². The molecule has 1 aliphatic rings. The van der Waals surface area contributed by atoms with Crippen LogP contribution in [-0.4, -0.2) is 48.2 Å². The molecule has 1 aliphatic heterocycles. The van der Waals surface area contributed by atoms with Gasteiger partial charge in [0.2, 0.25) is 5.91 Å². The summed E-state index contributed by atoms with van der Waals surface area (Å²) < 4.78 is 5.39. The SMILES string of the molecule is Cc1cc(Cl)ccc1NC(=O)N1COC[C@@H]1C(=O)N(C)Cc1ccc(Cl)cc1. The second-order valence-electron chi connectivity index (χ2n) is 6.70. The van der Waals surface area contributed by atoms with Gasteiger partial charge in [-0.1, -0.05) is 35.3 Å². The average molecular weight is 422 g/mol. The molecule has 0 radical (unpaired) electrons. The predicted molar refractivity (Wildman–Crippen MR) is 110 cm³/mol. The number of nitrogens with zero attached hydrogens (tertiary/aromatic N) is 2. The van der Waals surface area contributed by atoms with E-state index in [2.05, 4.69) is 5.32 Å². The minimum Gasteiger partial charge on any atom is -0.358 e. The van der Waals surface area contributed by atoms with Gasteiger partial charge in [-0.2, -0.15) is 0 Å². The van der Waals surface area contributed by atoms with Crippen molar-refractivity contribution in [3.63, 3.8) is 0 Å². The molecule has 1 saturated heterocycles. The van der Waals surface area contributed by atoms with Crippen LogP contribution < -0.4 is 5.32 Å². The normalized spacial score (nSPS) is 16.1. The number of halogens is 2. The van der Waals surface area contributed by atoms with Crippen LogP contribution in [0.2, 0.25) is 10.0 Å². The number of rotatable bonds is 4. The second kappa shape index (κ2) is 8.82. The summed E-state index contributed by atoms with van der Waals surface area (Å²) in [6, 6.07) is 11.4. The lowest BCUT2D eigenvalue weighted by Gasteiger charge is -2.27. The Morgan fingerprint density at radius 2 is 1.86 bits per heavy atom. The molecule has 0 saturated carbocycles. The second-order valence-corrected chi connectivity index (χ2v) is 7.57. The zero-order chi connectivity index (χ0) is 20.3. The maximum absolute atomic E-state index is 12.9. The topological polar surface area (TPSA) is 61.9 Å². The third-order valence-electron chi connectivity index (χ3n) is 4.57. The molecule has 2 aromatic rings. The molecule has 6 nitrogen and oxygen atoms in total. The van der Waals surface area contributed by atoms with Crippen LogP contribution in [-0.2, 0) is 16.1 Å². The highest BCUT2D eigenvalue weighted by Gasteiger charge is 2.36. The van der Waals surface area contributed by atoms with Gasteiger partial charge in [0, 0.05) is 29.3 Å². The minimum atomic E-state index is -0.676. The molecule has 1 heterocycles. The van der Waals surface area contributed by atoms with E-state index in [0.717, 1.165) is 11.1 Å². The summed E-state index contributed by atoms with van der Waals surface area (Å²) in [6.45, 7) is 2.49. The Morgan fingerprint density at radius 1 is 1.18 bits per heavy atom. The van der Waals surface area contributed by atoms with Crippen LogP contribution in [0.1, 0.15) is 11.1 Å². The molecule has 148 valence electrons. The molecule has 2 aromatic carbocycles. The van der Waals surface area contributed by atoms with Crippen LogP contribution in [0.3, 0.4) is 0 Å². The molecule has 1 N–H and O–H groups in total. The van der Waals surface area contributed by atoms with Crippen molar-refractivity contribution < 1.29 is 14.3 Å². The smallest absolute Gasteiger partial charge is 0.324 e. The van der Waals surface area contributed by atoms with Crippen molar-refractivity contribution in [3.8, 4) is 0 Å². The lowest BCUT2D eigenvalue weighted by molar-refractivity contribution is -0.134. The van der Waals surface area contributed by atoms with Gasteiger partial charge < -0.3 is 15.0 Å². The van der Waals surface area contributed by atoms with Gasteiger partial charge in [-0.25, -0.2) is 4.79 Å². The molecule has 0 aromatic heterocycles. The van der Waals surface area contributed by atoms with Gasteiger partial charge in [0.25, 0.3) is 0 Å². The predicted octanol–water partition coefficient (Wildman–Crippen LogP) is 4.15. The fourth-order valence-corrected chi connectivity index (χ4v) is 3.35. The number of urea groups is 1. The van der Waals surface area contributed by atoms with Crippen LogP contribution in [0.4, 0.5) is 10.5 Å². The van der Waals surface area contributed by atoms with Crippen molar-refractivity contribution in [2.45, 2.75) is 19.5 Å². The molecular weight excluding hydrogens is 401 g/mol. The standard InChI is InChI=1S/C20H21Cl2N3O3/c1-13-9-16(22)7-8-17(13)23-20(27)25-12-28-11-18(25)19(26)24(2)10-14-3-5-15(21)6-4-14/h3-9,18H,10-12H2,1-2H3,(H,23,27)/t18-/m1/s1. The van der Waals surface area contributed by atoms with E-state index in [1.807, 2.05) is 19.1 Å². The summed E-state index contributed by atoms with van der Waals surface area (Å²) in [5, 5.41) is 4.06. The summed E-state index contributed by atoms with van der Waals surface area (Å²) in [4.78, 5) is 28.6. The number of carbonyl (C=O) groups is 2. The number of aryl methyl sites for hydroxylation is 1. The van der Waals surface area contributed by atoms with E-state index < -0.39 is 6.04 Å². The van der Waals surface area contributed by atoms with Crippen LogP contribution in [0.5, 0.6) is 0 Å². The number of nitrogens with one attached hydrogen (secondary N) is 1. The van der Waals surface area contributed by atoms with Gasteiger partial charge in [0.15, 0.2) is 0 Å². The van der Waals surface area contributed by atoms with E-state index in [1.54, 1.807) is 42.3 Å². The lowest BCUT2D eigenvalue weighted by atomic mass is 10.2. The maximum Gasteiger partial charge on any atom is 0.324 e. The molecule has 28 heavy (non-hydrogen) atoms. The Labute approximate surface area is 174 Å². The lowest BCUT2D eigenvalue weighted by Crippen LogP contribution is -2.49. The highest BCUT2D eigenvalue weighted by molar-refractivity contribution is 6.31. The first-order chi connectivity index (χ1) is 13.3. The molecule has 3 rings (SSSR count). The third kappa shape index (κ3) is 4.76. The third-order valence-corrected chi connectivity index (χ3v) is 5.05.